The molecule has 0 spiro atoms. The summed E-state index contributed by atoms with van der Waals surface area (Å²) >= 11 is 0. The third-order valence-electron chi connectivity index (χ3n) is 8.71. The Balaban J connectivity index is 0.00000168. The Kier molecular flexibility index (Phi) is 7.38. The van der Waals surface area contributed by atoms with Crippen LogP contribution in [0, 0.1) is 11.8 Å². The summed E-state index contributed by atoms with van der Waals surface area (Å²) in [7, 11) is 0. The molecule has 37 heavy (non-hydrogen) atoms. The van der Waals surface area contributed by atoms with Gasteiger partial charge in [0.05, 0.1) is 17.4 Å². The second-order valence-corrected chi connectivity index (χ2v) is 10.6. The van der Waals surface area contributed by atoms with Crippen LogP contribution in [0.25, 0.3) is 28.1 Å². The molecule has 2 fully saturated rings. The minimum atomic E-state index is -0.769. The van der Waals surface area contributed by atoms with Crippen LogP contribution >= 0.6 is 0 Å². The number of amides is 1. The van der Waals surface area contributed by atoms with E-state index >= 15 is 0 Å². The Morgan fingerprint density at radius 2 is 1.51 bits per heavy atom. The molecule has 2 N–H and O–H groups in total. The van der Waals surface area contributed by atoms with Crippen LogP contribution in [-0.2, 0) is 10.3 Å². The Labute approximate surface area is 226 Å². The van der Waals surface area contributed by atoms with Gasteiger partial charge in [0.1, 0.15) is 11.4 Å². The molecule has 7 heteroatoms. The minimum absolute atomic E-state index is 0. The fourth-order valence-electron chi connectivity index (χ4n) is 7.09. The molecule has 2 aliphatic carbocycles. The lowest BCUT2D eigenvalue weighted by Gasteiger charge is -2.48. The van der Waals surface area contributed by atoms with Crippen molar-refractivity contribution in [3.8, 4) is 17.1 Å². The van der Waals surface area contributed by atoms with E-state index in [1.165, 1.54) is 12.8 Å². The van der Waals surface area contributed by atoms with Crippen LogP contribution in [0.2, 0.25) is 0 Å². The average molecular weight is 518 g/mol. The number of primary amides is 1. The first-order valence-corrected chi connectivity index (χ1v) is 13.6. The van der Waals surface area contributed by atoms with Gasteiger partial charge in [0.15, 0.2) is 0 Å². The van der Waals surface area contributed by atoms with Gasteiger partial charge in [-0.25, -0.2) is 9.97 Å². The largest absolute Gasteiger partial charge is 1.00 e. The minimum Gasteiger partial charge on any atom is -1.00 e. The highest BCUT2D eigenvalue weighted by atomic mass is 35.5. The van der Waals surface area contributed by atoms with Gasteiger partial charge in [-0.3, -0.25) is 4.79 Å². The Morgan fingerprint density at radius 3 is 2.08 bits per heavy atom. The first-order valence-electron chi connectivity index (χ1n) is 13.6. The van der Waals surface area contributed by atoms with Gasteiger partial charge in [-0.15, -0.1) is 0 Å². The number of halogens is 1. The molecule has 2 aliphatic rings. The summed E-state index contributed by atoms with van der Waals surface area (Å²) in [5.41, 5.74) is 9.77. The van der Waals surface area contributed by atoms with Crippen molar-refractivity contribution in [3.05, 3.63) is 67.3 Å². The molecule has 0 unspecified atom stereocenters. The highest BCUT2D eigenvalue weighted by Crippen LogP contribution is 2.50. The van der Waals surface area contributed by atoms with Crippen molar-refractivity contribution in [2.24, 2.45) is 17.6 Å². The van der Waals surface area contributed by atoms with E-state index in [4.69, 9.17) is 10.7 Å². The molecule has 6 nitrogen and oxygen atoms in total. The topological polar surface area (TPSA) is 78.7 Å². The second-order valence-electron chi connectivity index (χ2n) is 10.6. The van der Waals surface area contributed by atoms with Gasteiger partial charge in [-0.1, -0.05) is 50.7 Å². The number of benzene rings is 2. The summed E-state index contributed by atoms with van der Waals surface area (Å²) < 4.78 is 4.29. The Morgan fingerprint density at radius 1 is 0.892 bits per heavy atom. The maximum Gasteiger partial charge on any atom is 1.00 e. The lowest BCUT2D eigenvalue weighted by atomic mass is 9.63. The van der Waals surface area contributed by atoms with E-state index < -0.39 is 5.54 Å². The molecule has 194 valence electrons. The number of hydrogen-bond acceptors (Lipinski definition) is 3. The van der Waals surface area contributed by atoms with Crippen molar-refractivity contribution in [2.75, 3.05) is 0 Å². The zero-order chi connectivity index (χ0) is 24.5. The van der Waals surface area contributed by atoms with Crippen molar-refractivity contribution in [2.45, 2.75) is 69.7 Å². The predicted molar refractivity (Wildman–Crippen MR) is 144 cm³/mol. The van der Waals surface area contributed by atoms with E-state index in [1.807, 2.05) is 16.8 Å². The lowest BCUT2D eigenvalue weighted by molar-refractivity contribution is -0.135. The number of carbonyl (C=O) groups is 1. The number of para-hydroxylation sites is 2. The summed E-state index contributed by atoms with van der Waals surface area (Å²) in [5, 5.41) is 0. The van der Waals surface area contributed by atoms with Crippen molar-refractivity contribution in [1.82, 2.24) is 19.1 Å². The van der Waals surface area contributed by atoms with Gasteiger partial charge >= 0.3 is 1.43 Å². The number of nitrogens with zero attached hydrogens (tertiary/aromatic N) is 4. The van der Waals surface area contributed by atoms with Gasteiger partial charge < -0.3 is 27.3 Å². The second kappa shape index (κ2) is 10.7. The molecule has 0 saturated heterocycles. The van der Waals surface area contributed by atoms with E-state index in [0.29, 0.717) is 0 Å². The normalized spacial score (nSPS) is 17.5. The quantitative estimate of drug-likeness (QED) is 0.426. The standard InChI is InChI=1S/C30H35N5O.ClH/c31-29(36)30(23-9-3-1-4-10-23,24-11-5-2-6-12-24)35-27-14-8-7-13-26(27)33-28(35)22-15-17-25(18-16-22)34-20-19-32-21-34;/h7-8,13-21,23-24H,1-6,9-12H2,(H2,31,36);1H. The SMILES string of the molecule is NC(=O)C(C1CCCCC1)(C1CCCCC1)n1c(-c2ccc(-n3ccnc3)cc2)nc2ccccc21.[Cl-].[H+]. The number of rotatable bonds is 6. The van der Waals surface area contributed by atoms with Crippen LogP contribution in [0.5, 0.6) is 0 Å². The van der Waals surface area contributed by atoms with Gasteiger partial charge in [-0.2, -0.15) is 0 Å². The van der Waals surface area contributed by atoms with Crippen LogP contribution in [0.4, 0.5) is 0 Å². The molecule has 0 atom stereocenters. The first-order chi connectivity index (χ1) is 17.7. The number of imidazole rings is 2. The average Bonchev–Trinajstić information content (AvgIpc) is 3.60. The zero-order valence-corrected chi connectivity index (χ0v) is 22.0. The van der Waals surface area contributed by atoms with Crippen molar-refractivity contribution < 1.29 is 18.6 Å². The van der Waals surface area contributed by atoms with Crippen LogP contribution in [0.3, 0.4) is 0 Å². The first kappa shape index (κ1) is 25.5. The maximum absolute atomic E-state index is 13.9. The molecule has 1 amide bonds. The van der Waals surface area contributed by atoms with Crippen molar-refractivity contribution in [1.29, 1.82) is 0 Å². The number of hydrogen-bond donors (Lipinski definition) is 1. The molecule has 2 aromatic heterocycles. The number of nitrogens with two attached hydrogens (primary N) is 1. The van der Waals surface area contributed by atoms with Gasteiger partial charge in [-0.05, 0) is 73.9 Å². The van der Waals surface area contributed by atoms with Crippen LogP contribution in [-0.4, -0.2) is 25.0 Å². The summed E-state index contributed by atoms with van der Waals surface area (Å²) in [4.78, 5) is 23.2. The molecule has 2 aromatic carbocycles. The van der Waals surface area contributed by atoms with Crippen LogP contribution < -0.4 is 18.1 Å². The molecular weight excluding hydrogens is 482 g/mol. The zero-order valence-electron chi connectivity index (χ0n) is 22.2. The molecule has 2 saturated carbocycles. The fourth-order valence-corrected chi connectivity index (χ4v) is 7.09. The molecule has 4 aromatic rings. The highest BCUT2D eigenvalue weighted by Gasteiger charge is 2.53. The highest BCUT2D eigenvalue weighted by molar-refractivity contribution is 5.90. The van der Waals surface area contributed by atoms with E-state index in [0.717, 1.165) is 79.5 Å². The third kappa shape index (κ3) is 4.35. The molecule has 2 heterocycles. The van der Waals surface area contributed by atoms with Crippen molar-refractivity contribution in [3.63, 3.8) is 0 Å². The number of carbonyl (C=O) groups excluding carboxylic acids is 1. The number of aromatic nitrogens is 4. The Bertz CT molecular complexity index is 1320. The predicted octanol–water partition coefficient (Wildman–Crippen LogP) is 3.35. The van der Waals surface area contributed by atoms with Gasteiger partial charge in [0.2, 0.25) is 5.91 Å². The summed E-state index contributed by atoms with van der Waals surface area (Å²) in [6.07, 6.45) is 16.8. The van der Waals surface area contributed by atoms with E-state index in [9.17, 15) is 4.79 Å². The van der Waals surface area contributed by atoms with Gasteiger partial charge in [0, 0.05) is 23.6 Å². The van der Waals surface area contributed by atoms with Crippen LogP contribution in [0.15, 0.2) is 67.3 Å². The molecular formula is C30H36ClN5O. The van der Waals surface area contributed by atoms with Crippen LogP contribution in [0.1, 0.15) is 65.6 Å². The van der Waals surface area contributed by atoms with Crippen molar-refractivity contribution >= 4 is 16.9 Å². The van der Waals surface area contributed by atoms with Gasteiger partial charge in [0.25, 0.3) is 0 Å². The summed E-state index contributed by atoms with van der Waals surface area (Å²) in [6, 6.07) is 16.7. The molecule has 0 bridgehead atoms. The molecule has 0 radical (unpaired) electrons. The monoisotopic (exact) mass is 517 g/mol. The smallest absolute Gasteiger partial charge is 1.00 e. The fraction of sp³-hybridized carbons (Fsp3) is 0.433. The summed E-state index contributed by atoms with van der Waals surface area (Å²) in [6.45, 7) is 0. The van der Waals surface area contributed by atoms with E-state index in [1.54, 1.807) is 12.5 Å². The molecule has 0 aliphatic heterocycles. The van der Waals surface area contributed by atoms with E-state index in [-0.39, 0.29) is 31.6 Å². The summed E-state index contributed by atoms with van der Waals surface area (Å²) in [5.74, 6) is 1.13. The maximum atomic E-state index is 13.9. The number of fused-ring (bicyclic) bond motifs is 1. The van der Waals surface area contributed by atoms with E-state index in [2.05, 4.69) is 52.0 Å². The Hall–Kier alpha value is -3.12. The lowest BCUT2D eigenvalue weighted by Crippen LogP contribution is -3.00. The third-order valence-corrected chi connectivity index (χ3v) is 8.71. The molecule has 6 rings (SSSR count).